The molecule has 1 heterocycles. The smallest absolute Gasteiger partial charge is 0.0334 e. The number of aryl methyl sites for hydroxylation is 1. The van der Waals surface area contributed by atoms with Crippen molar-refractivity contribution in [1.82, 2.24) is 10.2 Å². The van der Waals surface area contributed by atoms with Crippen LogP contribution in [0.4, 0.5) is 0 Å². The molecule has 0 aromatic heterocycles. The second kappa shape index (κ2) is 7.42. The van der Waals surface area contributed by atoms with E-state index < -0.39 is 0 Å². The zero-order valence-electron chi connectivity index (χ0n) is 14.3. The molecule has 1 aliphatic rings. The third kappa shape index (κ3) is 3.87. The van der Waals surface area contributed by atoms with Gasteiger partial charge in [-0.05, 0) is 65.2 Å². The Morgan fingerprint density at radius 2 is 1.95 bits per heavy atom. The summed E-state index contributed by atoms with van der Waals surface area (Å²) in [6, 6.07) is 9.46. The molecule has 0 radical (unpaired) electrons. The van der Waals surface area contributed by atoms with Crippen LogP contribution in [0.1, 0.15) is 50.7 Å². The Balaban J connectivity index is 2.16. The van der Waals surface area contributed by atoms with E-state index in [0.717, 1.165) is 6.42 Å². The molecule has 1 aromatic rings. The van der Waals surface area contributed by atoms with Crippen LogP contribution in [0.2, 0.25) is 0 Å². The van der Waals surface area contributed by atoms with E-state index in [1.165, 1.54) is 49.9 Å². The first-order chi connectivity index (χ1) is 10.1. The maximum absolute atomic E-state index is 3.62. The molecule has 21 heavy (non-hydrogen) atoms. The number of nitrogens with one attached hydrogen (secondary N) is 1. The Morgan fingerprint density at radius 3 is 2.52 bits per heavy atom. The Kier molecular flexibility index (Phi) is 5.83. The number of likely N-dealkylation sites (N-methyl/N-ethyl adjacent to an activating group) is 1. The minimum Gasteiger partial charge on any atom is -0.315 e. The van der Waals surface area contributed by atoms with Crippen LogP contribution in [0.5, 0.6) is 0 Å². The van der Waals surface area contributed by atoms with Gasteiger partial charge in [0, 0.05) is 11.6 Å². The zero-order valence-corrected chi connectivity index (χ0v) is 14.3. The normalized spacial score (nSPS) is 21.0. The van der Waals surface area contributed by atoms with Crippen LogP contribution < -0.4 is 5.32 Å². The molecule has 2 unspecified atom stereocenters. The molecule has 2 heteroatoms. The Bertz CT molecular complexity index is 437. The predicted molar refractivity (Wildman–Crippen MR) is 91.9 cm³/mol. The van der Waals surface area contributed by atoms with Gasteiger partial charge in [0.05, 0.1) is 0 Å². The van der Waals surface area contributed by atoms with Gasteiger partial charge in [0.1, 0.15) is 0 Å². The summed E-state index contributed by atoms with van der Waals surface area (Å²) >= 11 is 0. The molecule has 0 aliphatic carbocycles. The molecular weight excluding hydrogens is 256 g/mol. The maximum Gasteiger partial charge on any atom is 0.0334 e. The minimum absolute atomic E-state index is 0.249. The molecule has 1 N–H and O–H groups in total. The lowest BCUT2D eigenvalue weighted by molar-refractivity contribution is 0.0453. The van der Waals surface area contributed by atoms with Gasteiger partial charge in [0.15, 0.2) is 0 Å². The van der Waals surface area contributed by atoms with Crippen molar-refractivity contribution in [2.45, 2.75) is 64.5 Å². The number of benzene rings is 1. The molecule has 0 saturated carbocycles. The van der Waals surface area contributed by atoms with E-state index in [0.29, 0.717) is 6.04 Å². The molecule has 1 fully saturated rings. The second-order valence-corrected chi connectivity index (χ2v) is 6.79. The van der Waals surface area contributed by atoms with E-state index in [2.05, 4.69) is 62.3 Å². The summed E-state index contributed by atoms with van der Waals surface area (Å²) < 4.78 is 0. The largest absolute Gasteiger partial charge is 0.315 e. The Labute approximate surface area is 130 Å². The first-order valence-corrected chi connectivity index (χ1v) is 8.58. The quantitative estimate of drug-likeness (QED) is 0.857. The number of likely N-dealkylation sites (tertiary alicyclic amines) is 1. The molecule has 0 bridgehead atoms. The van der Waals surface area contributed by atoms with Crippen LogP contribution in [0.3, 0.4) is 0 Å². The van der Waals surface area contributed by atoms with Crippen molar-refractivity contribution in [2.24, 2.45) is 0 Å². The molecule has 2 rings (SSSR count). The highest BCUT2D eigenvalue weighted by Crippen LogP contribution is 2.29. The van der Waals surface area contributed by atoms with Gasteiger partial charge in [0.25, 0.3) is 0 Å². The third-order valence-corrected chi connectivity index (χ3v) is 5.42. The van der Waals surface area contributed by atoms with Gasteiger partial charge in [0.2, 0.25) is 0 Å². The highest BCUT2D eigenvalue weighted by atomic mass is 15.2. The van der Waals surface area contributed by atoms with Crippen LogP contribution in [-0.2, 0) is 6.42 Å². The van der Waals surface area contributed by atoms with E-state index >= 15 is 0 Å². The highest BCUT2D eigenvalue weighted by molar-refractivity contribution is 5.24. The molecule has 1 aliphatic heterocycles. The van der Waals surface area contributed by atoms with Crippen LogP contribution in [0.15, 0.2) is 24.3 Å². The first kappa shape index (κ1) is 16.5. The van der Waals surface area contributed by atoms with Gasteiger partial charge in [-0.1, -0.05) is 43.2 Å². The van der Waals surface area contributed by atoms with Crippen LogP contribution >= 0.6 is 0 Å². The SMILES string of the molecule is CCC(C)(C(Cc1cccc(C)c1)NC)N1CCCCC1. The van der Waals surface area contributed by atoms with E-state index in [-0.39, 0.29) is 5.54 Å². The Morgan fingerprint density at radius 1 is 1.24 bits per heavy atom. The van der Waals surface area contributed by atoms with Gasteiger partial charge in [-0.25, -0.2) is 0 Å². The van der Waals surface area contributed by atoms with Gasteiger partial charge in [-0.3, -0.25) is 4.90 Å². The fourth-order valence-corrected chi connectivity index (χ4v) is 3.80. The number of nitrogens with zero attached hydrogens (tertiary/aromatic N) is 1. The zero-order chi connectivity index (χ0) is 15.3. The molecule has 0 spiro atoms. The number of hydrogen-bond donors (Lipinski definition) is 1. The molecule has 0 amide bonds. The summed E-state index contributed by atoms with van der Waals surface area (Å²) in [5, 5.41) is 3.62. The van der Waals surface area contributed by atoms with Crippen LogP contribution in [-0.4, -0.2) is 36.6 Å². The molecule has 118 valence electrons. The van der Waals surface area contributed by atoms with Crippen molar-refractivity contribution in [3.63, 3.8) is 0 Å². The van der Waals surface area contributed by atoms with E-state index in [4.69, 9.17) is 0 Å². The lowest BCUT2D eigenvalue weighted by Gasteiger charge is -2.48. The fourth-order valence-electron chi connectivity index (χ4n) is 3.80. The summed E-state index contributed by atoms with van der Waals surface area (Å²) in [5.74, 6) is 0. The number of hydrogen-bond acceptors (Lipinski definition) is 2. The van der Waals surface area contributed by atoms with Crippen molar-refractivity contribution in [1.29, 1.82) is 0 Å². The first-order valence-electron chi connectivity index (χ1n) is 8.58. The van der Waals surface area contributed by atoms with Crippen molar-refractivity contribution in [3.05, 3.63) is 35.4 Å². The lowest BCUT2D eigenvalue weighted by Crippen LogP contribution is -2.60. The summed E-state index contributed by atoms with van der Waals surface area (Å²) in [6.07, 6.45) is 6.43. The summed E-state index contributed by atoms with van der Waals surface area (Å²) in [6.45, 7) is 9.50. The van der Waals surface area contributed by atoms with E-state index in [1.54, 1.807) is 0 Å². The minimum atomic E-state index is 0.249. The average molecular weight is 288 g/mol. The molecule has 1 aromatic carbocycles. The van der Waals surface area contributed by atoms with Gasteiger partial charge in [-0.15, -0.1) is 0 Å². The summed E-state index contributed by atoms with van der Waals surface area (Å²) in [7, 11) is 2.12. The molecule has 1 saturated heterocycles. The molecule has 2 atom stereocenters. The van der Waals surface area contributed by atoms with E-state index in [1.807, 2.05) is 0 Å². The molecule has 2 nitrogen and oxygen atoms in total. The van der Waals surface area contributed by atoms with E-state index in [9.17, 15) is 0 Å². The predicted octanol–water partition coefficient (Wildman–Crippen LogP) is 3.78. The standard InChI is InChI=1S/C19H32N2/c1-5-19(3,21-12-7-6-8-13-21)18(20-4)15-17-11-9-10-16(2)14-17/h9-11,14,18,20H,5-8,12-13,15H2,1-4H3. The molecular formula is C19H32N2. The van der Waals surface area contributed by atoms with Crippen molar-refractivity contribution in [2.75, 3.05) is 20.1 Å². The summed E-state index contributed by atoms with van der Waals surface area (Å²) in [5.41, 5.74) is 3.06. The topological polar surface area (TPSA) is 15.3 Å². The number of rotatable bonds is 6. The number of piperidine rings is 1. The van der Waals surface area contributed by atoms with Gasteiger partial charge < -0.3 is 5.32 Å². The van der Waals surface area contributed by atoms with Gasteiger partial charge in [-0.2, -0.15) is 0 Å². The highest BCUT2D eigenvalue weighted by Gasteiger charge is 2.37. The maximum atomic E-state index is 3.62. The summed E-state index contributed by atoms with van der Waals surface area (Å²) in [4.78, 5) is 2.73. The average Bonchev–Trinajstić information content (AvgIpc) is 2.53. The van der Waals surface area contributed by atoms with Crippen molar-refractivity contribution in [3.8, 4) is 0 Å². The van der Waals surface area contributed by atoms with Crippen molar-refractivity contribution < 1.29 is 0 Å². The van der Waals surface area contributed by atoms with Crippen molar-refractivity contribution >= 4 is 0 Å². The lowest BCUT2D eigenvalue weighted by atomic mass is 9.82. The van der Waals surface area contributed by atoms with Crippen LogP contribution in [0.25, 0.3) is 0 Å². The monoisotopic (exact) mass is 288 g/mol. The third-order valence-electron chi connectivity index (χ3n) is 5.42. The van der Waals surface area contributed by atoms with Gasteiger partial charge >= 0.3 is 0 Å². The fraction of sp³-hybridized carbons (Fsp3) is 0.684. The second-order valence-electron chi connectivity index (χ2n) is 6.79. The Hall–Kier alpha value is -0.860. The van der Waals surface area contributed by atoms with Crippen LogP contribution in [0, 0.1) is 6.92 Å².